The second-order valence-corrected chi connectivity index (χ2v) is 13.8. The van der Waals surface area contributed by atoms with Gasteiger partial charge in [-0.2, -0.15) is 0 Å². The zero-order valence-electron chi connectivity index (χ0n) is 26.4. The van der Waals surface area contributed by atoms with Gasteiger partial charge in [-0.3, -0.25) is 13.9 Å². The quantitative estimate of drug-likeness (QED) is 0.165. The molecule has 0 atom stereocenters. The number of rotatable bonds is 10. The van der Waals surface area contributed by atoms with Crippen LogP contribution in [0.25, 0.3) is 33.4 Å². The van der Waals surface area contributed by atoms with Gasteiger partial charge >= 0.3 is 0 Å². The van der Waals surface area contributed by atoms with E-state index in [0.717, 1.165) is 19.1 Å². The first kappa shape index (κ1) is 31.8. The lowest BCUT2D eigenvalue weighted by molar-refractivity contribution is 0.0933. The summed E-state index contributed by atoms with van der Waals surface area (Å²) in [5.41, 5.74) is 2.79. The van der Waals surface area contributed by atoms with Crippen molar-refractivity contribution in [3.8, 4) is 33.9 Å². The van der Waals surface area contributed by atoms with Gasteiger partial charge in [0.05, 0.1) is 17.5 Å². The number of amides is 2. The van der Waals surface area contributed by atoms with Gasteiger partial charge in [0, 0.05) is 53.3 Å². The number of carbonyl (C=O) groups excluding carboxylic acids is 2. The Morgan fingerprint density at radius 2 is 1.66 bits per heavy atom. The number of anilines is 1. The molecule has 1 aliphatic rings. The lowest BCUT2D eigenvalue weighted by atomic mass is 9.97. The summed E-state index contributed by atoms with van der Waals surface area (Å²) in [4.78, 5) is 26.5. The molecule has 0 unspecified atom stereocenters. The van der Waals surface area contributed by atoms with Gasteiger partial charge in [-0.1, -0.05) is 18.2 Å². The molecule has 0 aliphatic heterocycles. The van der Waals surface area contributed by atoms with Gasteiger partial charge in [-0.05, 0) is 86.8 Å². The van der Waals surface area contributed by atoms with E-state index in [9.17, 15) is 22.4 Å². The lowest BCUT2D eigenvalue weighted by Gasteiger charge is -2.24. The molecule has 1 saturated carbocycles. The van der Waals surface area contributed by atoms with Crippen molar-refractivity contribution in [2.24, 2.45) is 0 Å². The molecule has 0 spiro atoms. The van der Waals surface area contributed by atoms with Gasteiger partial charge < -0.3 is 19.8 Å². The number of hydrogen-bond donors (Lipinski definition) is 2. The number of hydrogen-bond acceptors (Lipinski definition) is 6. The lowest BCUT2D eigenvalue weighted by Crippen LogP contribution is -2.34. The molecule has 242 valence electrons. The minimum absolute atomic E-state index is 0.137. The van der Waals surface area contributed by atoms with Crippen molar-refractivity contribution in [1.29, 1.82) is 0 Å². The van der Waals surface area contributed by atoms with Crippen molar-refractivity contribution in [3.05, 3.63) is 102 Å². The number of halogens is 1. The molecule has 1 aliphatic carbocycles. The number of furan rings is 1. The highest BCUT2D eigenvalue weighted by atomic mass is 32.2. The summed E-state index contributed by atoms with van der Waals surface area (Å²) in [6.45, 7) is 3.86. The summed E-state index contributed by atoms with van der Waals surface area (Å²) in [6, 6.07) is 22.9. The summed E-state index contributed by atoms with van der Waals surface area (Å²) in [5.74, 6) is 0.0174. The fourth-order valence-corrected chi connectivity index (χ4v) is 6.51. The molecular formula is C36H34FN3O6S. The van der Waals surface area contributed by atoms with Crippen LogP contribution in [0.4, 0.5) is 10.1 Å². The number of fused-ring (bicyclic) bond motifs is 1. The van der Waals surface area contributed by atoms with Crippen LogP contribution < -0.4 is 19.7 Å². The van der Waals surface area contributed by atoms with E-state index < -0.39 is 21.7 Å². The van der Waals surface area contributed by atoms with Crippen LogP contribution in [0, 0.1) is 5.82 Å². The Kier molecular flexibility index (Phi) is 8.27. The largest absolute Gasteiger partial charge is 0.457 e. The Morgan fingerprint density at radius 3 is 2.30 bits per heavy atom. The fourth-order valence-electron chi connectivity index (χ4n) is 5.53. The maximum Gasteiger partial charge on any atom is 0.255 e. The SMILES string of the molecule is CCN(c1cc2oc(-c3ccc(Oc4cccc(F)c4)cc3)c(C(=O)NC)c2cc1-c1cccc(C(=O)NC2(C)CC2)c1)S(C)(=O)=O. The van der Waals surface area contributed by atoms with Crippen LogP contribution in [0.15, 0.2) is 89.3 Å². The zero-order valence-corrected chi connectivity index (χ0v) is 27.2. The molecule has 1 heterocycles. The average Bonchev–Trinajstić information content (AvgIpc) is 3.64. The van der Waals surface area contributed by atoms with E-state index in [1.807, 2.05) is 6.92 Å². The van der Waals surface area contributed by atoms with Crippen LogP contribution in [0.2, 0.25) is 0 Å². The zero-order chi connectivity index (χ0) is 33.5. The second-order valence-electron chi connectivity index (χ2n) is 11.9. The van der Waals surface area contributed by atoms with Gasteiger partial charge in [0.15, 0.2) is 0 Å². The van der Waals surface area contributed by atoms with E-state index in [-0.39, 0.29) is 29.3 Å². The van der Waals surface area contributed by atoms with Gasteiger partial charge in [-0.25, -0.2) is 12.8 Å². The molecule has 11 heteroatoms. The standard InChI is InChI=1S/C36H34FN3O6S/c1-5-40(47(4,43)44)30-21-31-29(20-28(30)23-8-6-9-24(18-23)34(41)39-36(2)16-17-36)32(35(42)38-3)33(46-31)22-12-14-26(15-13-22)45-27-11-7-10-25(37)19-27/h6-15,18-21H,5,16-17H2,1-4H3,(H,38,42)(H,39,41). The summed E-state index contributed by atoms with van der Waals surface area (Å²) in [6.07, 6.45) is 2.95. The molecule has 6 rings (SSSR count). The highest BCUT2D eigenvalue weighted by Crippen LogP contribution is 2.42. The number of nitrogens with zero attached hydrogens (tertiary/aromatic N) is 1. The van der Waals surface area contributed by atoms with E-state index in [1.54, 1.807) is 79.7 Å². The van der Waals surface area contributed by atoms with Crippen LogP contribution in [-0.4, -0.2) is 45.6 Å². The highest BCUT2D eigenvalue weighted by Gasteiger charge is 2.39. The normalized spacial score (nSPS) is 13.6. The molecule has 2 amide bonds. The first-order chi connectivity index (χ1) is 22.4. The maximum atomic E-state index is 13.6. The minimum atomic E-state index is -3.72. The van der Waals surface area contributed by atoms with Gasteiger partial charge in [0.2, 0.25) is 10.0 Å². The molecule has 2 N–H and O–H groups in total. The van der Waals surface area contributed by atoms with Crippen molar-refractivity contribution in [3.63, 3.8) is 0 Å². The molecule has 5 aromatic rings. The number of ether oxygens (including phenoxy) is 1. The van der Waals surface area contributed by atoms with Gasteiger partial charge in [0.1, 0.15) is 28.7 Å². The molecule has 47 heavy (non-hydrogen) atoms. The molecule has 0 saturated heterocycles. The van der Waals surface area contributed by atoms with E-state index in [0.29, 0.717) is 50.4 Å². The topological polar surface area (TPSA) is 118 Å². The van der Waals surface area contributed by atoms with Crippen LogP contribution in [-0.2, 0) is 10.0 Å². The minimum Gasteiger partial charge on any atom is -0.457 e. The van der Waals surface area contributed by atoms with Crippen LogP contribution >= 0.6 is 0 Å². The first-order valence-corrected chi connectivity index (χ1v) is 17.0. The molecular weight excluding hydrogens is 621 g/mol. The first-order valence-electron chi connectivity index (χ1n) is 15.2. The molecule has 9 nitrogen and oxygen atoms in total. The van der Waals surface area contributed by atoms with Crippen molar-refractivity contribution in [2.75, 3.05) is 24.2 Å². The molecule has 1 fully saturated rings. The predicted octanol–water partition coefficient (Wildman–Crippen LogP) is 7.13. The fraction of sp³-hybridized carbons (Fsp3) is 0.222. The van der Waals surface area contributed by atoms with Gasteiger partial charge in [-0.15, -0.1) is 0 Å². The number of carbonyl (C=O) groups is 2. The van der Waals surface area contributed by atoms with Crippen LogP contribution in [0.1, 0.15) is 47.4 Å². The number of benzene rings is 4. The van der Waals surface area contributed by atoms with E-state index in [2.05, 4.69) is 10.6 Å². The summed E-state index contributed by atoms with van der Waals surface area (Å²) in [5, 5.41) is 6.21. The Bertz CT molecular complexity index is 2120. The third-order valence-corrected chi connectivity index (χ3v) is 9.47. The third kappa shape index (κ3) is 6.57. The van der Waals surface area contributed by atoms with Gasteiger partial charge in [0.25, 0.3) is 11.8 Å². The summed E-state index contributed by atoms with van der Waals surface area (Å²) < 4.78 is 53.0. The molecule has 1 aromatic heterocycles. The third-order valence-electron chi connectivity index (χ3n) is 8.22. The van der Waals surface area contributed by atoms with E-state index in [1.165, 1.54) is 23.5 Å². The smallest absolute Gasteiger partial charge is 0.255 e. The second kappa shape index (κ2) is 12.2. The summed E-state index contributed by atoms with van der Waals surface area (Å²) >= 11 is 0. The van der Waals surface area contributed by atoms with E-state index >= 15 is 0 Å². The van der Waals surface area contributed by atoms with Crippen molar-refractivity contribution >= 4 is 38.5 Å². The van der Waals surface area contributed by atoms with Crippen LogP contribution in [0.5, 0.6) is 11.5 Å². The molecule has 0 radical (unpaired) electrons. The summed E-state index contributed by atoms with van der Waals surface area (Å²) in [7, 11) is -2.21. The number of nitrogens with one attached hydrogen (secondary N) is 2. The number of sulfonamides is 1. The molecule has 4 aromatic carbocycles. The monoisotopic (exact) mass is 655 g/mol. The Hall–Kier alpha value is -5.16. The van der Waals surface area contributed by atoms with Crippen molar-refractivity contribution in [1.82, 2.24) is 10.6 Å². The van der Waals surface area contributed by atoms with Crippen LogP contribution in [0.3, 0.4) is 0 Å². The van der Waals surface area contributed by atoms with Crippen molar-refractivity contribution < 1.29 is 31.6 Å². The average molecular weight is 656 g/mol. The Labute approximate surface area is 272 Å². The maximum absolute atomic E-state index is 13.6. The Balaban J connectivity index is 1.49. The van der Waals surface area contributed by atoms with E-state index in [4.69, 9.17) is 9.15 Å². The predicted molar refractivity (Wildman–Crippen MR) is 180 cm³/mol. The highest BCUT2D eigenvalue weighted by molar-refractivity contribution is 7.92. The van der Waals surface area contributed by atoms with Crippen molar-refractivity contribution in [2.45, 2.75) is 32.2 Å². The Morgan fingerprint density at radius 1 is 0.936 bits per heavy atom. The molecule has 0 bridgehead atoms.